The SMILES string of the molecule is Clc1nc2sc3ccccc3c2nc1-n1c2ccccc2c2c3ccccc3c3c(sc4ccc5cc(-c6cc7ccccc7c7ccccc67)ccc5c43)c21. The quantitative estimate of drug-likeness (QED) is 0.164. The van der Waals surface area contributed by atoms with Gasteiger partial charge in [-0.25, -0.2) is 9.97 Å². The molecule has 0 saturated heterocycles. The normalized spacial score (nSPS) is 12.4. The zero-order valence-corrected chi connectivity index (χ0v) is 31.9. The van der Waals surface area contributed by atoms with Gasteiger partial charge in [0, 0.05) is 36.3 Å². The number of para-hydroxylation sites is 1. The maximum Gasteiger partial charge on any atom is 0.176 e. The minimum Gasteiger partial charge on any atom is -0.290 e. The third-order valence-corrected chi connectivity index (χ3v) is 14.1. The summed E-state index contributed by atoms with van der Waals surface area (Å²) < 4.78 is 5.90. The molecular weight excluding hydrogens is 742 g/mol. The molecule has 13 rings (SSSR count). The zero-order chi connectivity index (χ0) is 36.6. The highest BCUT2D eigenvalue weighted by Gasteiger charge is 2.25. The van der Waals surface area contributed by atoms with Gasteiger partial charge in [-0.05, 0) is 84.5 Å². The van der Waals surface area contributed by atoms with Crippen molar-refractivity contribution >= 4 is 140 Å². The van der Waals surface area contributed by atoms with E-state index < -0.39 is 0 Å². The van der Waals surface area contributed by atoms with Crippen molar-refractivity contribution in [2.24, 2.45) is 0 Å². The number of hydrogen-bond donors (Lipinski definition) is 0. The molecule has 0 N–H and O–H groups in total. The van der Waals surface area contributed by atoms with E-state index in [0.717, 1.165) is 31.5 Å². The molecule has 0 aliphatic heterocycles. The Morgan fingerprint density at radius 3 is 2.00 bits per heavy atom. The summed E-state index contributed by atoms with van der Waals surface area (Å²) in [6.45, 7) is 0. The lowest BCUT2D eigenvalue weighted by atomic mass is 9.91. The monoisotopic (exact) mass is 767 g/mol. The van der Waals surface area contributed by atoms with Crippen LogP contribution in [0.5, 0.6) is 0 Å². The number of benzene rings is 9. The Labute approximate surface area is 332 Å². The molecule has 0 fully saturated rings. The second kappa shape index (κ2) is 11.3. The molecule has 4 aromatic heterocycles. The molecule has 4 heterocycles. The first-order valence-corrected chi connectivity index (χ1v) is 20.7. The van der Waals surface area contributed by atoms with Gasteiger partial charge in [-0.1, -0.05) is 139 Å². The molecule has 0 amide bonds. The summed E-state index contributed by atoms with van der Waals surface area (Å²) in [5.74, 6) is 0.653. The molecule has 6 heteroatoms. The van der Waals surface area contributed by atoms with Gasteiger partial charge in [-0.2, -0.15) is 0 Å². The fraction of sp³-hybridized carbons (Fsp3) is 0. The van der Waals surface area contributed by atoms with Crippen LogP contribution < -0.4 is 0 Å². The second-order valence-electron chi connectivity index (χ2n) is 14.6. The lowest BCUT2D eigenvalue weighted by molar-refractivity contribution is 1.08. The first kappa shape index (κ1) is 30.9. The van der Waals surface area contributed by atoms with E-state index in [-0.39, 0.29) is 0 Å². The lowest BCUT2D eigenvalue weighted by Gasteiger charge is -2.12. The van der Waals surface area contributed by atoms with Gasteiger partial charge in [-0.3, -0.25) is 4.57 Å². The van der Waals surface area contributed by atoms with Crippen molar-refractivity contribution in [1.29, 1.82) is 0 Å². The Morgan fingerprint density at radius 1 is 0.464 bits per heavy atom. The Bertz CT molecular complexity index is 3850. The van der Waals surface area contributed by atoms with Crippen LogP contribution in [0.4, 0.5) is 0 Å². The smallest absolute Gasteiger partial charge is 0.176 e. The molecule has 0 aliphatic carbocycles. The van der Waals surface area contributed by atoms with E-state index in [1.54, 1.807) is 11.3 Å². The van der Waals surface area contributed by atoms with Gasteiger partial charge < -0.3 is 0 Å². The standard InChI is InChI=1S/C50H26ClN3S2/c51-48-49(52-45-37-18-8-10-20-40(37)56-50(45)53-48)54-39-19-9-7-17-36(39)42-34-15-5-6-16-35(34)44-43-31-23-21-29(25-28(31)22-24-41(43)55-47(44)46(42)54)38-26-27-11-1-2-12-30(27)32-13-3-4-14-33(32)38/h1-26H. The number of aromatic nitrogens is 3. The van der Waals surface area contributed by atoms with Gasteiger partial charge in [0.2, 0.25) is 0 Å². The fourth-order valence-electron chi connectivity index (χ4n) is 9.31. The summed E-state index contributed by atoms with van der Waals surface area (Å²) in [6.07, 6.45) is 0. The molecule has 3 nitrogen and oxygen atoms in total. The van der Waals surface area contributed by atoms with Crippen molar-refractivity contribution in [3.8, 4) is 16.9 Å². The maximum absolute atomic E-state index is 7.20. The van der Waals surface area contributed by atoms with Crippen LogP contribution in [0.2, 0.25) is 5.15 Å². The van der Waals surface area contributed by atoms with Gasteiger partial charge in [0.15, 0.2) is 11.0 Å². The minimum absolute atomic E-state index is 0.397. The van der Waals surface area contributed by atoms with Crippen LogP contribution in [-0.2, 0) is 0 Å². The molecule has 0 bridgehead atoms. The predicted octanol–water partition coefficient (Wildman–Crippen LogP) is 15.2. The molecule has 56 heavy (non-hydrogen) atoms. The van der Waals surface area contributed by atoms with Gasteiger partial charge in [0.1, 0.15) is 10.3 Å². The first-order valence-electron chi connectivity index (χ1n) is 18.7. The molecule has 260 valence electrons. The van der Waals surface area contributed by atoms with Crippen molar-refractivity contribution in [3.05, 3.63) is 163 Å². The van der Waals surface area contributed by atoms with Crippen LogP contribution >= 0.6 is 34.3 Å². The van der Waals surface area contributed by atoms with E-state index in [1.807, 2.05) is 11.3 Å². The summed E-state index contributed by atoms with van der Waals surface area (Å²) in [5.41, 5.74) is 5.52. The van der Waals surface area contributed by atoms with E-state index in [2.05, 4.69) is 162 Å². The molecule has 13 aromatic rings. The summed E-state index contributed by atoms with van der Waals surface area (Å²) in [4.78, 5) is 11.2. The summed E-state index contributed by atoms with van der Waals surface area (Å²) in [5, 5.41) is 16.4. The van der Waals surface area contributed by atoms with Crippen molar-refractivity contribution in [2.45, 2.75) is 0 Å². The fourth-order valence-corrected chi connectivity index (χ4v) is 11.9. The minimum atomic E-state index is 0.397. The summed E-state index contributed by atoms with van der Waals surface area (Å²) in [7, 11) is 0. The molecule has 0 spiro atoms. The largest absolute Gasteiger partial charge is 0.290 e. The third kappa shape index (κ3) is 4.12. The molecule has 0 atom stereocenters. The van der Waals surface area contributed by atoms with E-state index in [9.17, 15) is 0 Å². The van der Waals surface area contributed by atoms with Crippen LogP contribution in [0.1, 0.15) is 0 Å². The highest BCUT2D eigenvalue weighted by atomic mass is 35.5. The summed E-state index contributed by atoms with van der Waals surface area (Å²) >= 11 is 10.7. The predicted molar refractivity (Wildman–Crippen MR) is 243 cm³/mol. The van der Waals surface area contributed by atoms with Crippen molar-refractivity contribution < 1.29 is 0 Å². The van der Waals surface area contributed by atoms with Crippen LogP contribution in [0.3, 0.4) is 0 Å². The van der Waals surface area contributed by atoms with Gasteiger partial charge in [0.25, 0.3) is 0 Å². The molecule has 0 radical (unpaired) electrons. The van der Waals surface area contributed by atoms with Crippen molar-refractivity contribution in [1.82, 2.24) is 14.5 Å². The average molecular weight is 768 g/mol. The Hall–Kier alpha value is -6.37. The number of halogens is 1. The zero-order valence-electron chi connectivity index (χ0n) is 29.5. The molecule has 9 aromatic carbocycles. The van der Waals surface area contributed by atoms with Crippen LogP contribution in [-0.4, -0.2) is 14.5 Å². The number of fused-ring (bicyclic) bond motifs is 18. The maximum atomic E-state index is 7.20. The second-order valence-corrected chi connectivity index (χ2v) is 17.0. The average Bonchev–Trinajstić information content (AvgIpc) is 3.93. The van der Waals surface area contributed by atoms with Crippen molar-refractivity contribution in [2.75, 3.05) is 0 Å². The Morgan fingerprint density at radius 2 is 1.14 bits per heavy atom. The number of nitrogens with zero attached hydrogens (tertiary/aromatic N) is 3. The van der Waals surface area contributed by atoms with E-state index in [0.29, 0.717) is 11.0 Å². The number of rotatable bonds is 2. The molecular formula is C50H26ClN3S2. The van der Waals surface area contributed by atoms with Crippen molar-refractivity contribution in [3.63, 3.8) is 0 Å². The molecule has 0 aliphatic rings. The van der Waals surface area contributed by atoms with Gasteiger partial charge >= 0.3 is 0 Å². The van der Waals surface area contributed by atoms with Crippen LogP contribution in [0, 0.1) is 0 Å². The number of hydrogen-bond acceptors (Lipinski definition) is 4. The lowest BCUT2D eigenvalue weighted by Crippen LogP contribution is -2.00. The van der Waals surface area contributed by atoms with Crippen LogP contribution in [0.15, 0.2) is 158 Å². The molecule has 0 unspecified atom stereocenters. The summed E-state index contributed by atoms with van der Waals surface area (Å²) in [6, 6.07) is 57.4. The first-order chi connectivity index (χ1) is 27.7. The highest BCUT2D eigenvalue weighted by Crippen LogP contribution is 2.50. The number of thiophene rings is 2. The molecule has 0 saturated carbocycles. The van der Waals surface area contributed by atoms with E-state index in [4.69, 9.17) is 21.6 Å². The van der Waals surface area contributed by atoms with Gasteiger partial charge in [-0.15, -0.1) is 22.7 Å². The van der Waals surface area contributed by atoms with E-state index >= 15 is 0 Å². The Balaban J connectivity index is 1.15. The Kier molecular flexibility index (Phi) is 6.26. The topological polar surface area (TPSA) is 30.7 Å². The van der Waals surface area contributed by atoms with E-state index in [1.165, 1.54) is 85.2 Å². The third-order valence-electron chi connectivity index (χ3n) is 11.7. The highest BCUT2D eigenvalue weighted by molar-refractivity contribution is 7.27. The van der Waals surface area contributed by atoms with Gasteiger partial charge in [0.05, 0.1) is 15.7 Å². The van der Waals surface area contributed by atoms with Crippen LogP contribution in [0.25, 0.3) is 122 Å².